The van der Waals surface area contributed by atoms with Crippen LogP contribution < -0.4 is 0 Å². The van der Waals surface area contributed by atoms with Crippen LogP contribution in [0.3, 0.4) is 0 Å². The predicted octanol–water partition coefficient (Wildman–Crippen LogP) is 2.84. The number of carboxylic acids is 1. The molecule has 0 spiro atoms. The zero-order valence-corrected chi connectivity index (χ0v) is 13.0. The number of carboxylic acid groups (broad SMARTS) is 1. The fraction of sp³-hybridized carbons (Fsp3) is 0.571. The van der Waals surface area contributed by atoms with Crippen molar-refractivity contribution in [2.24, 2.45) is 0 Å². The summed E-state index contributed by atoms with van der Waals surface area (Å²) in [5, 5.41) is 9.14. The van der Waals surface area contributed by atoms with Crippen molar-refractivity contribution in [2.75, 3.05) is 0 Å². The number of thiophene rings is 1. The van der Waals surface area contributed by atoms with E-state index in [0.29, 0.717) is 17.8 Å². The zero-order chi connectivity index (χ0) is 15.1. The molecule has 110 valence electrons. The normalized spacial score (nSPS) is 18.6. The highest BCUT2D eigenvalue weighted by Crippen LogP contribution is 2.31. The Labute approximate surface area is 122 Å². The molecule has 0 saturated carbocycles. The van der Waals surface area contributed by atoms with Crippen LogP contribution >= 0.6 is 11.3 Å². The first-order valence-corrected chi connectivity index (χ1v) is 7.35. The van der Waals surface area contributed by atoms with Crippen LogP contribution in [-0.2, 0) is 17.7 Å². The van der Waals surface area contributed by atoms with Gasteiger partial charge < -0.3 is 19.5 Å². The monoisotopic (exact) mass is 298 g/mol. The molecule has 0 bridgehead atoms. The molecule has 1 amide bonds. The first-order chi connectivity index (χ1) is 9.17. The van der Waals surface area contributed by atoms with Crippen molar-refractivity contribution in [3.8, 4) is 0 Å². The van der Waals surface area contributed by atoms with Gasteiger partial charge in [-0.2, -0.15) is 0 Å². The van der Waals surface area contributed by atoms with Crippen molar-refractivity contribution < 1.29 is 19.4 Å². The highest BCUT2D eigenvalue weighted by Gasteiger charge is 2.32. The molecule has 1 unspecified atom stereocenters. The molecule has 1 aliphatic heterocycles. The van der Waals surface area contributed by atoms with Gasteiger partial charge in [0, 0.05) is 17.3 Å². The molecule has 6 heteroatoms. The molecule has 0 saturated heterocycles. The van der Waals surface area contributed by atoms with Gasteiger partial charge in [-0.3, -0.25) is 0 Å². The van der Waals surface area contributed by atoms with E-state index < -0.39 is 11.6 Å². The predicted molar refractivity (Wildman–Crippen MR) is 77.9 cm³/mol. The van der Waals surface area contributed by atoms with Crippen LogP contribution in [0.15, 0.2) is 6.07 Å². The minimum absolute atomic E-state index is 0.0321. The molecule has 2 N–H and O–H groups in total. The summed E-state index contributed by atoms with van der Waals surface area (Å²) in [6.07, 6.45) is 0.368. The lowest BCUT2D eigenvalue weighted by atomic mass is 10.0. The van der Waals surface area contributed by atoms with E-state index in [9.17, 15) is 4.79 Å². The molecule has 0 fully saturated rings. The Balaban J connectivity index is 2.18. The number of nitrogens with zero attached hydrogens (tertiary/aromatic N) is 1. The maximum Gasteiger partial charge on any atom is 0.525 e. The lowest BCUT2D eigenvalue weighted by Gasteiger charge is -2.34. The van der Waals surface area contributed by atoms with E-state index in [1.807, 2.05) is 27.7 Å². The van der Waals surface area contributed by atoms with Gasteiger partial charge in [-0.1, -0.05) is 0 Å². The molecule has 1 atom stereocenters. The first kappa shape index (κ1) is 14.8. The van der Waals surface area contributed by atoms with E-state index >= 15 is 0 Å². The topological polar surface area (TPSA) is 71.2 Å². The second-order valence-corrected chi connectivity index (χ2v) is 7.18. The molecular formula is C14H20NO4S+. The lowest BCUT2D eigenvalue weighted by Crippen LogP contribution is -2.44. The van der Waals surface area contributed by atoms with Gasteiger partial charge in [-0.15, -0.1) is 11.3 Å². The van der Waals surface area contributed by atoms with E-state index in [0.717, 1.165) is 10.4 Å². The Morgan fingerprint density at radius 2 is 2.20 bits per heavy atom. The molecule has 2 heterocycles. The van der Waals surface area contributed by atoms with Crippen LogP contribution in [0.1, 0.15) is 43.0 Å². The van der Waals surface area contributed by atoms with Crippen LogP contribution in [0.5, 0.6) is 0 Å². The summed E-state index contributed by atoms with van der Waals surface area (Å²) < 4.78 is 5.40. The Kier molecular flexibility index (Phi) is 3.77. The highest BCUT2D eigenvalue weighted by molar-refractivity contribution is 7.14. The van der Waals surface area contributed by atoms with Crippen LogP contribution in [0, 0.1) is 0 Å². The molecule has 2 rings (SSSR count). The van der Waals surface area contributed by atoms with E-state index in [4.69, 9.17) is 14.6 Å². The first-order valence-electron chi connectivity index (χ1n) is 6.54. The minimum atomic E-state index is -0.666. The van der Waals surface area contributed by atoms with Gasteiger partial charge >= 0.3 is 12.1 Å². The van der Waals surface area contributed by atoms with Gasteiger partial charge in [0.05, 0.1) is 6.54 Å². The summed E-state index contributed by atoms with van der Waals surface area (Å²) >= 11 is 1.36. The molecule has 0 aromatic carbocycles. The number of fused-ring (bicyclic) bond motifs is 1. The van der Waals surface area contributed by atoms with Crippen LogP contribution in [0.25, 0.3) is 0 Å². The van der Waals surface area contributed by atoms with Gasteiger partial charge in [0.15, 0.2) is 4.88 Å². The minimum Gasteiger partial charge on any atom is -0.444 e. The van der Waals surface area contributed by atoms with Crippen LogP contribution in [0.2, 0.25) is 0 Å². The third-order valence-corrected chi connectivity index (χ3v) is 4.29. The van der Waals surface area contributed by atoms with Gasteiger partial charge in [-0.05, 0) is 39.3 Å². The quantitative estimate of drug-likeness (QED) is 0.810. The third kappa shape index (κ3) is 3.12. The highest BCUT2D eigenvalue weighted by atomic mass is 32.1. The Bertz CT molecular complexity index is 544. The summed E-state index contributed by atoms with van der Waals surface area (Å²) in [5.74, 6) is -0.666. The average molecular weight is 298 g/mol. The maximum absolute atomic E-state index is 12.2. The molecule has 1 aromatic heterocycles. The summed E-state index contributed by atoms with van der Waals surface area (Å²) in [7, 11) is 0. The molecule has 1 aromatic rings. The van der Waals surface area contributed by atoms with Gasteiger partial charge in [-0.25, -0.2) is 4.79 Å². The second-order valence-electron chi connectivity index (χ2n) is 6.04. The van der Waals surface area contributed by atoms with Gasteiger partial charge in [0.2, 0.25) is 0 Å². The molecule has 1 aliphatic rings. The Morgan fingerprint density at radius 3 is 2.75 bits per heavy atom. The van der Waals surface area contributed by atoms with Crippen molar-refractivity contribution in [1.29, 1.82) is 0 Å². The van der Waals surface area contributed by atoms with Crippen molar-refractivity contribution in [1.82, 2.24) is 4.90 Å². The van der Waals surface area contributed by atoms with Gasteiger partial charge in [0.25, 0.3) is 0 Å². The third-order valence-electron chi connectivity index (χ3n) is 3.10. The average Bonchev–Trinajstić information content (AvgIpc) is 2.68. The van der Waals surface area contributed by atoms with Crippen molar-refractivity contribution in [3.05, 3.63) is 21.4 Å². The van der Waals surface area contributed by atoms with E-state index in [1.54, 1.807) is 11.0 Å². The summed E-state index contributed by atoms with van der Waals surface area (Å²) in [6, 6.07) is 1.75. The van der Waals surface area contributed by atoms with Crippen molar-refractivity contribution >= 4 is 23.4 Å². The number of rotatable bonds is 1. The molecule has 5 nitrogen and oxygen atoms in total. The van der Waals surface area contributed by atoms with E-state index in [1.165, 1.54) is 11.3 Å². The van der Waals surface area contributed by atoms with E-state index in [2.05, 4.69) is 0 Å². The fourth-order valence-corrected chi connectivity index (χ4v) is 3.30. The summed E-state index contributed by atoms with van der Waals surface area (Å²) in [5.41, 5.74) is 0.433. The smallest absolute Gasteiger partial charge is 0.444 e. The molecular weight excluding hydrogens is 278 g/mol. The number of ether oxygens (including phenoxy) is 1. The number of amides is 1. The van der Waals surface area contributed by atoms with Gasteiger partial charge in [0.1, 0.15) is 5.60 Å². The standard InChI is InChI=1S/C14H19NO4S/c1-8-5-10-9(6-11(20-10)12(16)17)7-15(8)13(18)19-14(2,3)4/h6,8H,5,7H2,1-4H3,(H,16,17)/p+1. The second kappa shape index (κ2) is 5.09. The number of carbonyl (C=O) groups is 1. The molecule has 0 radical (unpaired) electrons. The zero-order valence-electron chi connectivity index (χ0n) is 12.1. The van der Waals surface area contributed by atoms with Crippen molar-refractivity contribution in [2.45, 2.75) is 52.3 Å². The summed E-state index contributed by atoms with van der Waals surface area (Å²) in [4.78, 5) is 24.5. The number of hydrogen-bond acceptors (Lipinski definition) is 3. The summed E-state index contributed by atoms with van der Waals surface area (Å²) in [6.45, 7) is 7.93. The van der Waals surface area contributed by atoms with Crippen molar-refractivity contribution in [3.63, 3.8) is 0 Å². The molecule has 20 heavy (non-hydrogen) atoms. The Hall–Kier alpha value is -1.56. The number of carbonyl (C=O) groups excluding carboxylic acids is 1. The number of hydrogen-bond donors (Lipinski definition) is 1. The van der Waals surface area contributed by atoms with Crippen LogP contribution in [0.4, 0.5) is 4.79 Å². The SMILES string of the molecule is CC1Cc2sc(C(O)=[OH+])cc2CN1C(=O)OC(C)(C)C. The lowest BCUT2D eigenvalue weighted by molar-refractivity contribution is 0.0140. The maximum atomic E-state index is 12.2. The number of aromatic carboxylic acids is 1. The number of aliphatic hydroxyl groups excluding tert-OH is 1. The Morgan fingerprint density at radius 1 is 1.55 bits per heavy atom. The fourth-order valence-electron chi connectivity index (χ4n) is 2.17. The molecule has 0 aliphatic carbocycles. The van der Waals surface area contributed by atoms with E-state index in [-0.39, 0.29) is 12.1 Å². The largest absolute Gasteiger partial charge is 0.525 e. The van der Waals surface area contributed by atoms with Crippen LogP contribution in [-0.4, -0.2) is 38.5 Å².